The second-order valence-corrected chi connectivity index (χ2v) is 7.08. The summed E-state index contributed by atoms with van der Waals surface area (Å²) in [7, 11) is 1.67. The molecule has 0 aliphatic heterocycles. The molecule has 0 atom stereocenters. The van der Waals surface area contributed by atoms with Gasteiger partial charge < -0.3 is 16.2 Å². The van der Waals surface area contributed by atoms with Crippen LogP contribution in [-0.2, 0) is 25.8 Å². The Morgan fingerprint density at radius 3 is 1.76 bits per heavy atom. The Morgan fingerprint density at radius 2 is 1.21 bits per heavy atom. The van der Waals surface area contributed by atoms with E-state index in [1.54, 1.807) is 7.11 Å². The van der Waals surface area contributed by atoms with E-state index in [9.17, 15) is 0 Å². The van der Waals surface area contributed by atoms with Gasteiger partial charge in [-0.15, -0.1) is 0 Å². The van der Waals surface area contributed by atoms with Gasteiger partial charge >= 0.3 is 0 Å². The van der Waals surface area contributed by atoms with Crippen LogP contribution in [0.2, 0.25) is 0 Å². The van der Waals surface area contributed by atoms with Crippen LogP contribution in [-0.4, -0.2) is 19.5 Å². The maximum atomic E-state index is 6.17. The summed E-state index contributed by atoms with van der Waals surface area (Å²) in [6.45, 7) is 1.25. The number of methoxy groups -OCH3 is 1. The summed E-state index contributed by atoms with van der Waals surface area (Å²) >= 11 is 0. The van der Waals surface area contributed by atoms with E-state index in [1.807, 2.05) is 12.1 Å². The van der Waals surface area contributed by atoms with Crippen LogP contribution in [0.25, 0.3) is 0 Å². The summed E-state index contributed by atoms with van der Waals surface area (Å²) in [4.78, 5) is 4.52. The van der Waals surface area contributed by atoms with Crippen LogP contribution >= 0.6 is 0 Å². The SMILES string of the molecule is COc1ccc(CCN=C(N)c2ccc(CCc3ccc(CN)cc3)cc2)cc1. The van der Waals surface area contributed by atoms with E-state index in [4.69, 9.17) is 16.2 Å². The van der Waals surface area contributed by atoms with Crippen molar-refractivity contribution in [2.45, 2.75) is 25.8 Å². The normalized spacial score (nSPS) is 11.4. The van der Waals surface area contributed by atoms with Gasteiger partial charge in [-0.2, -0.15) is 0 Å². The third-order valence-electron chi connectivity index (χ3n) is 5.05. The second-order valence-electron chi connectivity index (χ2n) is 7.08. The minimum atomic E-state index is 0.586. The lowest BCUT2D eigenvalue weighted by atomic mass is 10.0. The second kappa shape index (κ2) is 10.4. The molecule has 3 rings (SSSR count). The van der Waals surface area contributed by atoms with Crippen LogP contribution in [0, 0.1) is 0 Å². The minimum Gasteiger partial charge on any atom is -0.497 e. The van der Waals surface area contributed by atoms with Crippen molar-refractivity contribution in [3.8, 4) is 5.75 Å². The number of nitrogens with two attached hydrogens (primary N) is 2. The van der Waals surface area contributed by atoms with E-state index < -0.39 is 0 Å². The first kappa shape index (κ1) is 20.6. The first-order valence-electron chi connectivity index (χ1n) is 9.98. The van der Waals surface area contributed by atoms with Gasteiger partial charge in [0.1, 0.15) is 11.6 Å². The van der Waals surface area contributed by atoms with Crippen LogP contribution < -0.4 is 16.2 Å². The summed E-state index contributed by atoms with van der Waals surface area (Å²) in [6.07, 6.45) is 2.86. The third-order valence-corrected chi connectivity index (χ3v) is 5.05. The molecule has 0 aliphatic rings. The molecule has 0 unspecified atom stereocenters. The smallest absolute Gasteiger partial charge is 0.125 e. The van der Waals surface area contributed by atoms with Crippen LogP contribution in [0.4, 0.5) is 0 Å². The fourth-order valence-electron chi connectivity index (χ4n) is 3.16. The van der Waals surface area contributed by atoms with Crippen LogP contribution in [0.15, 0.2) is 77.8 Å². The first-order valence-corrected chi connectivity index (χ1v) is 9.98. The summed E-state index contributed by atoms with van der Waals surface area (Å²) in [5.74, 6) is 1.45. The number of hydrogen-bond donors (Lipinski definition) is 2. The number of aryl methyl sites for hydroxylation is 2. The van der Waals surface area contributed by atoms with Gasteiger partial charge in [0.05, 0.1) is 7.11 Å². The molecule has 0 radical (unpaired) electrons. The van der Waals surface area contributed by atoms with Gasteiger partial charge in [0.2, 0.25) is 0 Å². The van der Waals surface area contributed by atoms with Crippen LogP contribution in [0.1, 0.15) is 27.8 Å². The lowest BCUT2D eigenvalue weighted by Gasteiger charge is -2.06. The molecule has 4 N–H and O–H groups in total. The highest BCUT2D eigenvalue weighted by atomic mass is 16.5. The number of nitrogens with zero attached hydrogens (tertiary/aromatic N) is 1. The molecule has 0 aliphatic carbocycles. The number of amidine groups is 1. The van der Waals surface area contributed by atoms with E-state index in [1.165, 1.54) is 22.3 Å². The summed E-state index contributed by atoms with van der Waals surface area (Å²) < 4.78 is 5.18. The van der Waals surface area contributed by atoms with Crippen molar-refractivity contribution in [3.63, 3.8) is 0 Å². The molecule has 0 bridgehead atoms. The van der Waals surface area contributed by atoms with Crippen molar-refractivity contribution in [2.75, 3.05) is 13.7 Å². The number of hydrogen-bond acceptors (Lipinski definition) is 3. The summed E-state index contributed by atoms with van der Waals surface area (Å²) in [6, 6.07) is 24.9. The number of rotatable bonds is 9. The van der Waals surface area contributed by atoms with Gasteiger partial charge in [-0.3, -0.25) is 4.99 Å². The predicted molar refractivity (Wildman–Crippen MR) is 120 cm³/mol. The molecule has 0 saturated heterocycles. The molecule has 0 heterocycles. The van der Waals surface area contributed by atoms with Gasteiger partial charge in [-0.1, -0.05) is 60.7 Å². The molecule has 0 saturated carbocycles. The largest absolute Gasteiger partial charge is 0.497 e. The van der Waals surface area contributed by atoms with Crippen molar-refractivity contribution < 1.29 is 4.74 Å². The highest BCUT2D eigenvalue weighted by molar-refractivity contribution is 5.97. The zero-order valence-corrected chi connectivity index (χ0v) is 17.0. The Kier molecular flexibility index (Phi) is 7.42. The Labute approximate surface area is 173 Å². The number of ether oxygens (including phenoxy) is 1. The molecular formula is C25H29N3O. The molecule has 3 aromatic carbocycles. The summed E-state index contributed by atoms with van der Waals surface area (Å²) in [5.41, 5.74) is 17.8. The molecule has 0 amide bonds. The quantitative estimate of drug-likeness (QED) is 0.432. The zero-order valence-electron chi connectivity index (χ0n) is 17.0. The van der Waals surface area contributed by atoms with Gasteiger partial charge in [-0.25, -0.2) is 0 Å². The van der Waals surface area contributed by atoms with Gasteiger partial charge in [0.25, 0.3) is 0 Å². The molecule has 0 aromatic heterocycles. The number of benzene rings is 3. The molecule has 0 spiro atoms. The van der Waals surface area contributed by atoms with Crippen molar-refractivity contribution in [3.05, 3.63) is 101 Å². The van der Waals surface area contributed by atoms with Crippen molar-refractivity contribution in [1.82, 2.24) is 0 Å². The third kappa shape index (κ3) is 6.19. The standard InChI is InChI=1S/C25H29N3O/c1-29-24-14-10-21(11-15-24)16-17-28-25(27)23-12-8-20(9-13-23)3-2-19-4-6-22(18-26)7-5-19/h4-15H,2-3,16-18,26H2,1H3,(H2,27,28). The molecule has 4 heteroatoms. The first-order chi connectivity index (χ1) is 14.2. The highest BCUT2D eigenvalue weighted by Crippen LogP contribution is 2.13. The fourth-order valence-corrected chi connectivity index (χ4v) is 3.16. The van der Waals surface area contributed by atoms with Crippen molar-refractivity contribution >= 4 is 5.84 Å². The topological polar surface area (TPSA) is 73.6 Å². The molecule has 29 heavy (non-hydrogen) atoms. The lowest BCUT2D eigenvalue weighted by molar-refractivity contribution is 0.414. The van der Waals surface area contributed by atoms with E-state index >= 15 is 0 Å². The Balaban J connectivity index is 1.50. The molecule has 4 nitrogen and oxygen atoms in total. The molecule has 150 valence electrons. The van der Waals surface area contributed by atoms with Gasteiger partial charge in [0.15, 0.2) is 0 Å². The van der Waals surface area contributed by atoms with Crippen molar-refractivity contribution in [2.24, 2.45) is 16.5 Å². The van der Waals surface area contributed by atoms with E-state index in [0.717, 1.165) is 30.6 Å². The Morgan fingerprint density at radius 1 is 0.724 bits per heavy atom. The number of aliphatic imine (C=N–C) groups is 1. The maximum Gasteiger partial charge on any atom is 0.125 e. The lowest BCUT2D eigenvalue weighted by Crippen LogP contribution is -2.14. The van der Waals surface area contributed by atoms with Gasteiger partial charge in [-0.05, 0) is 53.6 Å². The molecule has 0 fully saturated rings. The van der Waals surface area contributed by atoms with Crippen molar-refractivity contribution in [1.29, 1.82) is 0 Å². The highest BCUT2D eigenvalue weighted by Gasteiger charge is 2.01. The van der Waals surface area contributed by atoms with Gasteiger partial charge in [0, 0.05) is 18.7 Å². The molecule has 3 aromatic rings. The Hall–Kier alpha value is -3.11. The predicted octanol–water partition coefficient (Wildman–Crippen LogP) is 3.89. The zero-order chi connectivity index (χ0) is 20.5. The monoisotopic (exact) mass is 387 g/mol. The average molecular weight is 388 g/mol. The van der Waals surface area contributed by atoms with Crippen LogP contribution in [0.3, 0.4) is 0 Å². The van der Waals surface area contributed by atoms with E-state index in [0.29, 0.717) is 18.9 Å². The van der Waals surface area contributed by atoms with Crippen LogP contribution in [0.5, 0.6) is 5.75 Å². The summed E-state index contributed by atoms with van der Waals surface area (Å²) in [5, 5.41) is 0. The van der Waals surface area contributed by atoms with E-state index in [2.05, 4.69) is 65.7 Å². The fraction of sp³-hybridized carbons (Fsp3) is 0.240. The molecular weight excluding hydrogens is 358 g/mol. The maximum absolute atomic E-state index is 6.17. The van der Waals surface area contributed by atoms with E-state index in [-0.39, 0.29) is 0 Å². The Bertz CT molecular complexity index is 914. The minimum absolute atomic E-state index is 0.586. The average Bonchev–Trinajstić information content (AvgIpc) is 2.78.